The molecule has 0 bridgehead atoms. The minimum absolute atomic E-state index is 0.507. The van der Waals surface area contributed by atoms with E-state index in [2.05, 4.69) is 72.3 Å². The molecular formula is C19H25N3. The summed E-state index contributed by atoms with van der Waals surface area (Å²) in [7, 11) is 0. The molecule has 2 aromatic carbocycles. The maximum atomic E-state index is 3.41. The van der Waals surface area contributed by atoms with Gasteiger partial charge in [0.2, 0.25) is 0 Å². The van der Waals surface area contributed by atoms with Crippen LogP contribution in [0.1, 0.15) is 36.1 Å². The van der Waals surface area contributed by atoms with Crippen LogP contribution in [0.5, 0.6) is 0 Å². The first-order valence-electron chi connectivity index (χ1n) is 8.09. The van der Waals surface area contributed by atoms with Crippen LogP contribution in [0.3, 0.4) is 0 Å². The molecule has 3 N–H and O–H groups in total. The van der Waals surface area contributed by atoms with E-state index in [0.717, 1.165) is 26.2 Å². The minimum atomic E-state index is 0.507. The van der Waals surface area contributed by atoms with Crippen molar-refractivity contribution >= 4 is 5.69 Å². The minimum Gasteiger partial charge on any atom is -0.383 e. The van der Waals surface area contributed by atoms with Crippen LogP contribution in [0, 0.1) is 0 Å². The molecule has 3 heteroatoms. The Morgan fingerprint density at radius 2 is 1.32 bits per heavy atom. The highest BCUT2D eigenvalue weighted by Gasteiger charge is 2.09. The number of nitrogens with one attached hydrogen (secondary N) is 3. The van der Waals surface area contributed by atoms with Crippen molar-refractivity contribution in [2.45, 2.75) is 46.1 Å². The van der Waals surface area contributed by atoms with E-state index in [1.807, 2.05) is 0 Å². The average Bonchev–Trinajstić information content (AvgIpc) is 3.15. The fourth-order valence-electron chi connectivity index (χ4n) is 2.95. The smallest absolute Gasteiger partial charge is 0.0345 e. The molecule has 2 aliphatic rings. The monoisotopic (exact) mass is 295 g/mol. The van der Waals surface area contributed by atoms with Gasteiger partial charge in [0.15, 0.2) is 0 Å². The van der Waals surface area contributed by atoms with Gasteiger partial charge in [-0.3, -0.25) is 0 Å². The van der Waals surface area contributed by atoms with Gasteiger partial charge in [0, 0.05) is 37.9 Å². The maximum absolute atomic E-state index is 3.41. The predicted octanol–water partition coefficient (Wildman–Crippen LogP) is 3.40. The molecule has 0 amide bonds. The molecule has 0 spiro atoms. The number of anilines is 1. The summed E-state index contributed by atoms with van der Waals surface area (Å²) in [4.78, 5) is 0. The van der Waals surface area contributed by atoms with Crippen LogP contribution < -0.4 is 16.0 Å². The summed E-state index contributed by atoms with van der Waals surface area (Å²) in [6, 6.07) is 15.6. The topological polar surface area (TPSA) is 36.1 Å². The van der Waals surface area contributed by atoms with Gasteiger partial charge >= 0.3 is 0 Å². The zero-order chi connectivity index (χ0) is 15.4. The third-order valence-corrected chi connectivity index (χ3v) is 4.04. The Morgan fingerprint density at radius 3 is 1.91 bits per heavy atom. The number of benzene rings is 2. The molecule has 2 aliphatic heterocycles. The van der Waals surface area contributed by atoms with Gasteiger partial charge < -0.3 is 16.0 Å². The van der Waals surface area contributed by atoms with Crippen molar-refractivity contribution in [3.05, 3.63) is 64.7 Å². The van der Waals surface area contributed by atoms with E-state index in [1.165, 1.54) is 27.9 Å². The largest absolute Gasteiger partial charge is 0.383 e. The summed E-state index contributed by atoms with van der Waals surface area (Å²) in [5.41, 5.74) is 7.02. The molecular weight excluding hydrogens is 270 g/mol. The van der Waals surface area contributed by atoms with Crippen molar-refractivity contribution in [2.24, 2.45) is 0 Å². The van der Waals surface area contributed by atoms with E-state index in [0.29, 0.717) is 6.04 Å². The first-order chi connectivity index (χ1) is 10.7. The third-order valence-electron chi connectivity index (χ3n) is 4.04. The second-order valence-electron chi connectivity index (χ2n) is 6.26. The molecule has 2 heterocycles. The van der Waals surface area contributed by atoms with Crippen LogP contribution in [-0.2, 0) is 26.2 Å². The fourth-order valence-corrected chi connectivity index (χ4v) is 2.95. The molecule has 0 aliphatic carbocycles. The Bertz CT molecular complexity index is 611. The maximum Gasteiger partial charge on any atom is 0.0345 e. The lowest BCUT2D eigenvalue weighted by molar-refractivity contribution is 0.765. The number of rotatable bonds is 2. The normalized spacial score (nSPS) is 15.0. The lowest BCUT2D eigenvalue weighted by atomic mass is 10.1. The second kappa shape index (κ2) is 6.95. The number of hydrogen-bond donors (Lipinski definition) is 3. The predicted molar refractivity (Wildman–Crippen MR) is 92.7 cm³/mol. The Balaban J connectivity index is 0.000000139. The van der Waals surface area contributed by atoms with E-state index < -0.39 is 0 Å². The van der Waals surface area contributed by atoms with E-state index in [-0.39, 0.29) is 0 Å². The van der Waals surface area contributed by atoms with Crippen LogP contribution in [0.4, 0.5) is 5.69 Å². The summed E-state index contributed by atoms with van der Waals surface area (Å²) >= 11 is 0. The Kier molecular flexibility index (Phi) is 4.76. The molecule has 0 saturated heterocycles. The summed E-state index contributed by atoms with van der Waals surface area (Å²) < 4.78 is 0. The van der Waals surface area contributed by atoms with Crippen LogP contribution in [0.15, 0.2) is 42.5 Å². The van der Waals surface area contributed by atoms with E-state index >= 15 is 0 Å². The van der Waals surface area contributed by atoms with Gasteiger partial charge in [0.25, 0.3) is 0 Å². The quantitative estimate of drug-likeness (QED) is 0.795. The molecule has 3 nitrogen and oxygen atoms in total. The van der Waals surface area contributed by atoms with Crippen LogP contribution in [-0.4, -0.2) is 6.04 Å². The first-order valence-corrected chi connectivity index (χ1v) is 8.09. The molecule has 4 rings (SSSR count). The van der Waals surface area contributed by atoms with Gasteiger partial charge in [-0.2, -0.15) is 0 Å². The van der Waals surface area contributed by atoms with Crippen molar-refractivity contribution in [3.8, 4) is 0 Å². The van der Waals surface area contributed by atoms with Gasteiger partial charge in [0.1, 0.15) is 0 Å². The van der Waals surface area contributed by atoms with Crippen molar-refractivity contribution < 1.29 is 0 Å². The lowest BCUT2D eigenvalue weighted by Crippen LogP contribution is -2.09. The van der Waals surface area contributed by atoms with Crippen LogP contribution >= 0.6 is 0 Å². The van der Waals surface area contributed by atoms with Crippen molar-refractivity contribution in [1.29, 1.82) is 0 Å². The number of hydrogen-bond acceptors (Lipinski definition) is 3. The number of fused-ring (bicyclic) bond motifs is 2. The summed E-state index contributed by atoms with van der Waals surface area (Å²) in [5.74, 6) is 0. The van der Waals surface area contributed by atoms with E-state index in [4.69, 9.17) is 0 Å². The van der Waals surface area contributed by atoms with E-state index in [9.17, 15) is 0 Å². The summed E-state index contributed by atoms with van der Waals surface area (Å²) in [6.45, 7) is 8.46. The highest BCUT2D eigenvalue weighted by atomic mass is 14.9. The van der Waals surface area contributed by atoms with Gasteiger partial charge in [-0.1, -0.05) is 30.3 Å². The van der Waals surface area contributed by atoms with Crippen molar-refractivity contribution in [3.63, 3.8) is 0 Å². The molecule has 0 atom stereocenters. The summed E-state index contributed by atoms with van der Waals surface area (Å²) in [6.07, 6.45) is 0. The van der Waals surface area contributed by atoms with Crippen molar-refractivity contribution in [2.75, 3.05) is 5.32 Å². The molecule has 0 fully saturated rings. The van der Waals surface area contributed by atoms with Gasteiger partial charge in [-0.05, 0) is 48.2 Å². The van der Waals surface area contributed by atoms with Crippen molar-refractivity contribution in [1.82, 2.24) is 10.6 Å². The van der Waals surface area contributed by atoms with Gasteiger partial charge in [0.05, 0.1) is 0 Å². The SMILES string of the molecule is CC(C)Nc1ccc2c(c1)CNC2.c1ccc2c(c1)CNC2. The molecule has 0 radical (unpaired) electrons. The van der Waals surface area contributed by atoms with Crippen LogP contribution in [0.25, 0.3) is 0 Å². The summed E-state index contributed by atoms with van der Waals surface area (Å²) in [5, 5.41) is 10.0. The molecule has 22 heavy (non-hydrogen) atoms. The zero-order valence-corrected chi connectivity index (χ0v) is 13.4. The van der Waals surface area contributed by atoms with E-state index in [1.54, 1.807) is 0 Å². The molecule has 0 saturated carbocycles. The Hall–Kier alpha value is -1.84. The molecule has 0 aromatic heterocycles. The zero-order valence-electron chi connectivity index (χ0n) is 13.4. The van der Waals surface area contributed by atoms with Gasteiger partial charge in [-0.15, -0.1) is 0 Å². The highest BCUT2D eigenvalue weighted by Crippen LogP contribution is 2.20. The molecule has 2 aromatic rings. The average molecular weight is 295 g/mol. The van der Waals surface area contributed by atoms with Crippen LogP contribution in [0.2, 0.25) is 0 Å². The molecule has 116 valence electrons. The lowest BCUT2D eigenvalue weighted by Gasteiger charge is -2.10. The standard InChI is InChI=1S/C11H16N2.C8H9N/c1-8(2)13-11-4-3-9-6-12-7-10(9)5-11;1-2-4-8-6-9-5-7(8)3-1/h3-5,8,12-13H,6-7H2,1-2H3;1-4,9H,5-6H2. The first kappa shape index (κ1) is 15.1. The Labute approximate surface area is 133 Å². The van der Waals surface area contributed by atoms with Gasteiger partial charge in [-0.25, -0.2) is 0 Å². The Morgan fingerprint density at radius 1 is 0.773 bits per heavy atom. The fraction of sp³-hybridized carbons (Fsp3) is 0.368. The highest BCUT2D eigenvalue weighted by molar-refractivity contribution is 5.50. The third kappa shape index (κ3) is 3.67. The second-order valence-corrected chi connectivity index (χ2v) is 6.26. The molecule has 0 unspecified atom stereocenters.